The summed E-state index contributed by atoms with van der Waals surface area (Å²) in [6, 6.07) is 25.9. The number of hydrogen-bond donors (Lipinski definition) is 1. The Labute approximate surface area is 210 Å². The molecule has 1 N–H and O–H groups in total. The molecule has 0 radical (unpaired) electrons. The highest BCUT2D eigenvalue weighted by atomic mass is 16.6. The summed E-state index contributed by atoms with van der Waals surface area (Å²) in [6.45, 7) is 2.91. The number of amides is 2. The number of nitrogens with one attached hydrogen (secondary N) is 1. The van der Waals surface area contributed by atoms with E-state index in [1.165, 1.54) is 13.8 Å². The lowest BCUT2D eigenvalue weighted by molar-refractivity contribution is -0.119. The third kappa shape index (κ3) is 10.1. The normalized spacial score (nSPS) is 10.8. The minimum atomic E-state index is -0.299. The van der Waals surface area contributed by atoms with Crippen LogP contribution in [0.5, 0.6) is 11.9 Å². The van der Waals surface area contributed by atoms with Gasteiger partial charge in [-0.2, -0.15) is 0 Å². The predicted octanol–water partition coefficient (Wildman–Crippen LogP) is 5.45. The molecule has 8 heteroatoms. The van der Waals surface area contributed by atoms with Crippen LogP contribution in [-0.4, -0.2) is 32.2 Å². The van der Waals surface area contributed by atoms with Crippen LogP contribution in [0, 0.1) is 0 Å². The number of nitrogens with zero attached hydrogens (tertiary/aromatic N) is 1. The quantitative estimate of drug-likeness (QED) is 0.360. The zero-order valence-corrected chi connectivity index (χ0v) is 20.7. The van der Waals surface area contributed by atoms with E-state index < -0.39 is 0 Å². The summed E-state index contributed by atoms with van der Waals surface area (Å²) in [5, 5.41) is 2.86. The first-order chi connectivity index (χ1) is 17.4. The van der Waals surface area contributed by atoms with Crippen LogP contribution in [0.2, 0.25) is 0 Å². The predicted molar refractivity (Wildman–Crippen MR) is 137 cm³/mol. The number of furan rings is 2. The fourth-order valence-corrected chi connectivity index (χ4v) is 2.85. The Morgan fingerprint density at radius 1 is 0.833 bits per heavy atom. The minimum absolute atomic E-state index is 0.112. The molecule has 1 atom stereocenters. The molecule has 0 fully saturated rings. The van der Waals surface area contributed by atoms with Crippen LogP contribution < -0.4 is 14.8 Å². The molecular formula is C28H30N2O6. The number of carbonyl (C=O) groups is 2. The SMILES string of the molecule is CC(=O)N=Cc1ccccc1.COc1ccc(C(NC(C)=O)c2ccccc2)o1.COc1ccco1. The first-order valence-electron chi connectivity index (χ1n) is 11.1. The molecule has 36 heavy (non-hydrogen) atoms. The topological polar surface area (TPSA) is 103 Å². The Morgan fingerprint density at radius 3 is 1.94 bits per heavy atom. The van der Waals surface area contributed by atoms with Crippen molar-refractivity contribution in [2.45, 2.75) is 19.9 Å². The van der Waals surface area contributed by atoms with E-state index in [2.05, 4.69) is 15.0 Å². The molecule has 2 aromatic heterocycles. The third-order valence-electron chi connectivity index (χ3n) is 4.46. The van der Waals surface area contributed by atoms with Crippen molar-refractivity contribution in [2.75, 3.05) is 14.2 Å². The van der Waals surface area contributed by atoms with Crippen molar-refractivity contribution < 1.29 is 27.9 Å². The lowest BCUT2D eigenvalue weighted by Crippen LogP contribution is -2.26. The zero-order valence-electron chi connectivity index (χ0n) is 20.7. The lowest BCUT2D eigenvalue weighted by atomic mass is 10.0. The van der Waals surface area contributed by atoms with Gasteiger partial charge in [0.2, 0.25) is 11.8 Å². The molecule has 2 heterocycles. The second kappa shape index (κ2) is 15.3. The van der Waals surface area contributed by atoms with E-state index in [-0.39, 0.29) is 17.9 Å². The number of carbonyl (C=O) groups excluding carboxylic acids is 2. The van der Waals surface area contributed by atoms with Gasteiger partial charge in [0.15, 0.2) is 0 Å². The van der Waals surface area contributed by atoms with Crippen molar-refractivity contribution in [1.29, 1.82) is 0 Å². The van der Waals surface area contributed by atoms with Gasteiger partial charge in [-0.25, -0.2) is 4.99 Å². The molecule has 1 unspecified atom stereocenters. The smallest absolute Gasteiger partial charge is 0.284 e. The number of methoxy groups -OCH3 is 2. The highest BCUT2D eigenvalue weighted by molar-refractivity contribution is 5.90. The molecule has 4 rings (SSSR count). The van der Waals surface area contributed by atoms with Crippen molar-refractivity contribution in [3.63, 3.8) is 0 Å². The van der Waals surface area contributed by atoms with Crippen LogP contribution in [0.3, 0.4) is 0 Å². The Balaban J connectivity index is 0.000000214. The summed E-state index contributed by atoms with van der Waals surface area (Å²) < 4.78 is 20.0. The summed E-state index contributed by atoms with van der Waals surface area (Å²) >= 11 is 0. The second-order valence-electron chi connectivity index (χ2n) is 7.23. The van der Waals surface area contributed by atoms with Crippen LogP contribution in [0.15, 0.2) is 105 Å². The molecule has 0 aliphatic heterocycles. The molecule has 0 spiro atoms. The standard InChI is InChI=1S/C14H15NO3.C9H9NO.C5H6O2/c1-10(16)15-14(11-6-4-3-5-7-11)12-8-9-13(17-2)18-12;1-8(11)10-7-9-5-3-2-4-6-9;1-6-5-3-2-4-7-5/h3-9,14H,1-2H3,(H,15,16);2-7H,1H3;2-4H,1H3. The summed E-state index contributed by atoms with van der Waals surface area (Å²) in [4.78, 5) is 25.3. The van der Waals surface area contributed by atoms with E-state index in [9.17, 15) is 9.59 Å². The molecule has 0 aliphatic carbocycles. The molecule has 2 aromatic carbocycles. The number of hydrogen-bond acceptors (Lipinski definition) is 6. The van der Waals surface area contributed by atoms with Gasteiger partial charge in [-0.1, -0.05) is 60.7 Å². The van der Waals surface area contributed by atoms with Crippen LogP contribution in [0.4, 0.5) is 0 Å². The average Bonchev–Trinajstić information content (AvgIpc) is 3.60. The number of ether oxygens (including phenoxy) is 2. The molecule has 0 saturated carbocycles. The molecule has 0 saturated heterocycles. The van der Waals surface area contributed by atoms with Crippen molar-refractivity contribution in [2.24, 2.45) is 4.99 Å². The van der Waals surface area contributed by atoms with Crippen molar-refractivity contribution in [3.8, 4) is 11.9 Å². The second-order valence-corrected chi connectivity index (χ2v) is 7.23. The summed E-state index contributed by atoms with van der Waals surface area (Å²) in [7, 11) is 3.11. The maximum absolute atomic E-state index is 11.3. The van der Waals surface area contributed by atoms with Gasteiger partial charge in [0.1, 0.15) is 11.8 Å². The van der Waals surface area contributed by atoms with Gasteiger partial charge in [-0.3, -0.25) is 9.59 Å². The largest absolute Gasteiger partial charge is 0.468 e. The van der Waals surface area contributed by atoms with Crippen LogP contribution in [0.25, 0.3) is 0 Å². The van der Waals surface area contributed by atoms with E-state index in [4.69, 9.17) is 13.6 Å². The Bertz CT molecular complexity index is 1190. The number of aliphatic imine (C=N–C) groups is 1. The van der Waals surface area contributed by atoms with E-state index >= 15 is 0 Å². The van der Waals surface area contributed by atoms with Crippen LogP contribution in [-0.2, 0) is 9.59 Å². The first-order valence-corrected chi connectivity index (χ1v) is 11.1. The Kier molecular flexibility index (Phi) is 11.8. The van der Waals surface area contributed by atoms with Gasteiger partial charge in [0.05, 0.1) is 20.5 Å². The van der Waals surface area contributed by atoms with Crippen molar-refractivity contribution >= 4 is 18.0 Å². The molecule has 0 aliphatic rings. The van der Waals surface area contributed by atoms with Crippen LogP contribution >= 0.6 is 0 Å². The maximum Gasteiger partial charge on any atom is 0.284 e. The molecule has 0 bridgehead atoms. The van der Waals surface area contributed by atoms with Gasteiger partial charge in [0.25, 0.3) is 11.9 Å². The third-order valence-corrected chi connectivity index (χ3v) is 4.46. The highest BCUT2D eigenvalue weighted by Crippen LogP contribution is 2.26. The fraction of sp³-hybridized carbons (Fsp3) is 0.179. The van der Waals surface area contributed by atoms with Gasteiger partial charge < -0.3 is 23.6 Å². The van der Waals surface area contributed by atoms with Gasteiger partial charge in [-0.15, -0.1) is 0 Å². The molecular weight excluding hydrogens is 460 g/mol. The zero-order chi connectivity index (χ0) is 26.2. The Hall–Kier alpha value is -4.59. The summed E-state index contributed by atoms with van der Waals surface area (Å²) in [6.07, 6.45) is 3.13. The summed E-state index contributed by atoms with van der Waals surface area (Å²) in [5.74, 6) is 1.35. The van der Waals surface area contributed by atoms with Crippen LogP contribution in [0.1, 0.15) is 36.8 Å². The van der Waals surface area contributed by atoms with Crippen molar-refractivity contribution in [1.82, 2.24) is 5.32 Å². The molecule has 2 amide bonds. The highest BCUT2D eigenvalue weighted by Gasteiger charge is 2.18. The van der Waals surface area contributed by atoms with Gasteiger partial charge in [0, 0.05) is 32.2 Å². The maximum atomic E-state index is 11.3. The minimum Gasteiger partial charge on any atom is -0.468 e. The van der Waals surface area contributed by atoms with E-state index in [1.807, 2.05) is 60.7 Å². The fourth-order valence-electron chi connectivity index (χ4n) is 2.85. The molecule has 188 valence electrons. The molecule has 4 aromatic rings. The molecule has 8 nitrogen and oxygen atoms in total. The Morgan fingerprint density at radius 2 is 1.47 bits per heavy atom. The lowest BCUT2D eigenvalue weighted by Gasteiger charge is -2.15. The van der Waals surface area contributed by atoms with E-state index in [0.717, 1.165) is 11.1 Å². The van der Waals surface area contributed by atoms with E-state index in [0.29, 0.717) is 17.7 Å². The van der Waals surface area contributed by atoms with Crippen molar-refractivity contribution in [3.05, 3.63) is 108 Å². The van der Waals surface area contributed by atoms with E-state index in [1.54, 1.807) is 51.0 Å². The number of benzene rings is 2. The monoisotopic (exact) mass is 490 g/mol. The van der Waals surface area contributed by atoms with Gasteiger partial charge in [-0.05, 0) is 23.3 Å². The number of rotatable bonds is 6. The first kappa shape index (κ1) is 27.7. The average molecular weight is 491 g/mol. The summed E-state index contributed by atoms with van der Waals surface area (Å²) in [5.41, 5.74) is 1.91. The van der Waals surface area contributed by atoms with Gasteiger partial charge >= 0.3 is 0 Å².